The molecule has 9 aromatic rings. The van der Waals surface area contributed by atoms with Crippen molar-refractivity contribution in [1.82, 2.24) is 9.13 Å². The molecule has 4 heteroatoms. The molecule has 7 aromatic carbocycles. The number of para-hydroxylation sites is 4. The van der Waals surface area contributed by atoms with Crippen LogP contribution in [0.15, 0.2) is 158 Å². The zero-order chi connectivity index (χ0) is 32.2. The Labute approximate surface area is 277 Å². The number of nitrogens with zero attached hydrogens (tertiary/aromatic N) is 4. The van der Waals surface area contributed by atoms with Crippen molar-refractivity contribution >= 4 is 43.6 Å². The van der Waals surface area contributed by atoms with Crippen LogP contribution in [0, 0.1) is 22.7 Å². The molecular formula is C44H26N4. The Balaban J connectivity index is 1.28. The molecule has 0 aliphatic carbocycles. The van der Waals surface area contributed by atoms with E-state index in [1.165, 1.54) is 10.8 Å². The fourth-order valence-corrected chi connectivity index (χ4v) is 7.30. The minimum atomic E-state index is 0.606. The summed E-state index contributed by atoms with van der Waals surface area (Å²) >= 11 is 0. The molecule has 2 heterocycles. The van der Waals surface area contributed by atoms with Gasteiger partial charge in [0.25, 0.3) is 0 Å². The largest absolute Gasteiger partial charge is 0.309 e. The summed E-state index contributed by atoms with van der Waals surface area (Å²) in [7, 11) is 0. The van der Waals surface area contributed by atoms with E-state index in [9.17, 15) is 10.5 Å². The van der Waals surface area contributed by atoms with Gasteiger partial charge in [-0.15, -0.1) is 0 Å². The third-order valence-corrected chi connectivity index (χ3v) is 9.38. The van der Waals surface area contributed by atoms with Gasteiger partial charge in [0, 0.05) is 32.8 Å². The molecule has 0 atom stereocenters. The van der Waals surface area contributed by atoms with Crippen molar-refractivity contribution in [2.45, 2.75) is 0 Å². The molecule has 0 saturated heterocycles. The van der Waals surface area contributed by atoms with E-state index >= 15 is 0 Å². The molecule has 0 amide bonds. The molecule has 0 fully saturated rings. The molecule has 9 rings (SSSR count). The average Bonchev–Trinajstić information content (AvgIpc) is 3.67. The first-order valence-corrected chi connectivity index (χ1v) is 15.9. The molecule has 0 aliphatic heterocycles. The van der Waals surface area contributed by atoms with E-state index < -0.39 is 0 Å². The number of fused-ring (bicyclic) bond motifs is 6. The Morgan fingerprint density at radius 3 is 1.65 bits per heavy atom. The summed E-state index contributed by atoms with van der Waals surface area (Å²) in [4.78, 5) is 0. The van der Waals surface area contributed by atoms with Gasteiger partial charge in [0.1, 0.15) is 0 Å². The highest BCUT2D eigenvalue weighted by Crippen LogP contribution is 2.41. The van der Waals surface area contributed by atoms with Crippen LogP contribution in [0.5, 0.6) is 0 Å². The number of benzene rings is 7. The van der Waals surface area contributed by atoms with Gasteiger partial charge >= 0.3 is 0 Å². The quantitative estimate of drug-likeness (QED) is 0.199. The van der Waals surface area contributed by atoms with Crippen molar-refractivity contribution in [3.05, 3.63) is 169 Å². The third kappa shape index (κ3) is 4.14. The van der Waals surface area contributed by atoms with E-state index in [1.54, 1.807) is 0 Å². The van der Waals surface area contributed by atoms with Crippen molar-refractivity contribution in [2.24, 2.45) is 0 Å². The van der Waals surface area contributed by atoms with Crippen LogP contribution in [0.25, 0.3) is 77.2 Å². The first kappa shape index (κ1) is 27.4. The molecular weight excluding hydrogens is 585 g/mol. The fraction of sp³-hybridized carbons (Fsp3) is 0. The monoisotopic (exact) mass is 610 g/mol. The zero-order valence-corrected chi connectivity index (χ0v) is 25.8. The van der Waals surface area contributed by atoms with Gasteiger partial charge in [-0.25, -0.2) is 0 Å². The predicted octanol–water partition coefficient (Wildman–Crippen LogP) is 11.0. The standard InChI is InChI=1S/C44H26N4/c45-27-29-20-22-33(34-12-1-6-17-41(34)48-42-18-7-2-13-35(42)36-14-3-8-19-43(36)48)38(24-29)31-10-9-11-32(26-31)47-40-16-5-4-15-37(40)39-25-30(28-46)21-23-44(39)47/h1-26H. The minimum Gasteiger partial charge on any atom is -0.309 e. The lowest BCUT2D eigenvalue weighted by atomic mass is 9.91. The number of rotatable bonds is 4. The second-order valence-corrected chi connectivity index (χ2v) is 12.0. The molecule has 0 unspecified atom stereocenters. The molecule has 0 bridgehead atoms. The molecule has 0 spiro atoms. The Hall–Kier alpha value is -6.88. The van der Waals surface area contributed by atoms with Gasteiger partial charge in [-0.05, 0) is 83.4 Å². The van der Waals surface area contributed by atoms with Crippen LogP contribution in [-0.4, -0.2) is 9.13 Å². The minimum absolute atomic E-state index is 0.606. The van der Waals surface area contributed by atoms with Gasteiger partial charge in [0.05, 0.1) is 51.0 Å². The van der Waals surface area contributed by atoms with E-state index in [1.807, 2.05) is 42.5 Å². The highest BCUT2D eigenvalue weighted by atomic mass is 15.0. The summed E-state index contributed by atoms with van der Waals surface area (Å²) in [5, 5.41) is 24.2. The Kier molecular flexibility index (Phi) is 6.22. The average molecular weight is 611 g/mol. The summed E-state index contributed by atoms with van der Waals surface area (Å²) in [5.41, 5.74) is 11.8. The lowest BCUT2D eigenvalue weighted by Gasteiger charge is -2.18. The van der Waals surface area contributed by atoms with Gasteiger partial charge in [-0.3, -0.25) is 0 Å². The second-order valence-electron chi connectivity index (χ2n) is 12.0. The lowest BCUT2D eigenvalue weighted by molar-refractivity contribution is 1.18. The fourth-order valence-electron chi connectivity index (χ4n) is 7.30. The van der Waals surface area contributed by atoms with Gasteiger partial charge in [-0.1, -0.05) is 91.0 Å². The van der Waals surface area contributed by atoms with Crippen molar-refractivity contribution < 1.29 is 0 Å². The SMILES string of the molecule is N#Cc1ccc(-c2ccccc2-n2c3ccccc3c3ccccc32)c(-c2cccc(-n3c4ccccc4c4cc(C#N)ccc43)c2)c1. The molecule has 2 aromatic heterocycles. The highest BCUT2D eigenvalue weighted by molar-refractivity contribution is 6.11. The van der Waals surface area contributed by atoms with Crippen LogP contribution in [0.1, 0.15) is 11.1 Å². The van der Waals surface area contributed by atoms with Gasteiger partial charge < -0.3 is 9.13 Å². The summed E-state index contributed by atoms with van der Waals surface area (Å²) in [6.07, 6.45) is 0. The van der Waals surface area contributed by atoms with Crippen molar-refractivity contribution in [3.63, 3.8) is 0 Å². The summed E-state index contributed by atoms with van der Waals surface area (Å²) in [5.74, 6) is 0. The van der Waals surface area contributed by atoms with Crippen LogP contribution < -0.4 is 0 Å². The zero-order valence-electron chi connectivity index (χ0n) is 25.8. The number of hydrogen-bond donors (Lipinski definition) is 0. The molecule has 0 aliphatic rings. The first-order chi connectivity index (χ1) is 23.7. The number of hydrogen-bond acceptors (Lipinski definition) is 2. The number of nitriles is 2. The topological polar surface area (TPSA) is 57.4 Å². The smallest absolute Gasteiger partial charge is 0.0991 e. The maximum Gasteiger partial charge on any atom is 0.0991 e. The Morgan fingerprint density at radius 1 is 0.375 bits per heavy atom. The maximum atomic E-state index is 10.0. The maximum absolute atomic E-state index is 10.0. The van der Waals surface area contributed by atoms with Crippen LogP contribution in [0.2, 0.25) is 0 Å². The van der Waals surface area contributed by atoms with E-state index in [2.05, 4.69) is 137 Å². The third-order valence-electron chi connectivity index (χ3n) is 9.38. The molecule has 0 N–H and O–H groups in total. The molecule has 0 radical (unpaired) electrons. The van der Waals surface area contributed by atoms with Crippen molar-refractivity contribution in [1.29, 1.82) is 10.5 Å². The van der Waals surface area contributed by atoms with Gasteiger partial charge in [-0.2, -0.15) is 10.5 Å². The van der Waals surface area contributed by atoms with E-state index in [-0.39, 0.29) is 0 Å². The normalized spacial score (nSPS) is 11.3. The van der Waals surface area contributed by atoms with Crippen LogP contribution in [0.4, 0.5) is 0 Å². The van der Waals surface area contributed by atoms with E-state index in [0.717, 1.165) is 66.5 Å². The summed E-state index contributed by atoms with van der Waals surface area (Å²) in [6, 6.07) is 59.0. The predicted molar refractivity (Wildman–Crippen MR) is 195 cm³/mol. The first-order valence-electron chi connectivity index (χ1n) is 15.9. The Bertz CT molecular complexity index is 2760. The van der Waals surface area contributed by atoms with E-state index in [0.29, 0.717) is 11.1 Å². The summed E-state index contributed by atoms with van der Waals surface area (Å²) in [6.45, 7) is 0. The van der Waals surface area contributed by atoms with Crippen molar-refractivity contribution in [3.8, 4) is 45.8 Å². The van der Waals surface area contributed by atoms with Gasteiger partial charge in [0.2, 0.25) is 0 Å². The lowest BCUT2D eigenvalue weighted by Crippen LogP contribution is -1.99. The van der Waals surface area contributed by atoms with Crippen LogP contribution in [0.3, 0.4) is 0 Å². The second kappa shape index (κ2) is 10.9. The molecule has 222 valence electrons. The molecule has 4 nitrogen and oxygen atoms in total. The molecule has 48 heavy (non-hydrogen) atoms. The van der Waals surface area contributed by atoms with Gasteiger partial charge in [0.15, 0.2) is 0 Å². The van der Waals surface area contributed by atoms with Crippen LogP contribution >= 0.6 is 0 Å². The number of aromatic nitrogens is 2. The summed E-state index contributed by atoms with van der Waals surface area (Å²) < 4.78 is 4.61. The highest BCUT2D eigenvalue weighted by Gasteiger charge is 2.19. The van der Waals surface area contributed by atoms with Crippen molar-refractivity contribution in [2.75, 3.05) is 0 Å². The Morgan fingerprint density at radius 2 is 0.938 bits per heavy atom. The van der Waals surface area contributed by atoms with E-state index in [4.69, 9.17) is 0 Å². The van der Waals surface area contributed by atoms with Crippen LogP contribution in [-0.2, 0) is 0 Å². The molecule has 0 saturated carbocycles.